The van der Waals surface area contributed by atoms with Crippen molar-refractivity contribution in [3.05, 3.63) is 0 Å². The van der Waals surface area contributed by atoms with Gasteiger partial charge in [-0.25, -0.2) is 0 Å². The minimum Gasteiger partial charge on any atom is -0.481 e. The average Bonchev–Trinajstić information content (AvgIpc) is 2.47. The number of nitrogens with zero attached hydrogens (tertiary/aromatic N) is 1. The molecule has 1 amide bonds. The Kier molecular flexibility index (Phi) is 9.03. The van der Waals surface area contributed by atoms with E-state index in [1.165, 1.54) is 0 Å². The fourth-order valence-electron chi connectivity index (χ4n) is 2.27. The van der Waals surface area contributed by atoms with Crippen LogP contribution in [0, 0.1) is 11.8 Å². The van der Waals surface area contributed by atoms with Crippen molar-refractivity contribution in [3.8, 4) is 0 Å². The van der Waals surface area contributed by atoms with E-state index in [4.69, 9.17) is 19.3 Å². The maximum Gasteiger partial charge on any atom is 0.306 e. The Hall–Kier alpha value is -1.18. The quantitative estimate of drug-likeness (QED) is 0.818. The lowest BCUT2D eigenvalue weighted by molar-refractivity contribution is -0.143. The zero-order valence-electron chi connectivity index (χ0n) is 13.5. The smallest absolute Gasteiger partial charge is 0.306 e. The van der Waals surface area contributed by atoms with Crippen LogP contribution in [0.1, 0.15) is 20.3 Å². The Bertz CT molecular complexity index is 337. The van der Waals surface area contributed by atoms with Crippen molar-refractivity contribution in [1.82, 2.24) is 4.90 Å². The van der Waals surface area contributed by atoms with Crippen LogP contribution in [0.25, 0.3) is 0 Å². The number of ether oxygens (including phenoxy) is 3. The molecule has 1 heterocycles. The molecule has 0 bridgehead atoms. The summed E-state index contributed by atoms with van der Waals surface area (Å²) in [5.41, 5.74) is 0. The minimum atomic E-state index is -0.875. The van der Waals surface area contributed by atoms with Crippen LogP contribution in [0.15, 0.2) is 0 Å². The first kappa shape index (κ1) is 18.9. The summed E-state index contributed by atoms with van der Waals surface area (Å²) in [6.07, 6.45) is 0.334. The highest BCUT2D eigenvalue weighted by Gasteiger charge is 2.24. The second kappa shape index (κ2) is 10.5. The third-order valence-corrected chi connectivity index (χ3v) is 3.62. The van der Waals surface area contributed by atoms with Crippen LogP contribution in [-0.4, -0.2) is 74.6 Å². The molecule has 0 aromatic rings. The Morgan fingerprint density at radius 2 is 1.36 bits per heavy atom. The lowest BCUT2D eigenvalue weighted by Gasteiger charge is -2.27. The largest absolute Gasteiger partial charge is 0.481 e. The predicted octanol–water partition coefficient (Wildman–Crippen LogP) is 0.625. The van der Waals surface area contributed by atoms with Crippen molar-refractivity contribution in [2.75, 3.05) is 52.7 Å². The van der Waals surface area contributed by atoms with Gasteiger partial charge in [-0.1, -0.05) is 13.8 Å². The van der Waals surface area contributed by atoms with Crippen LogP contribution < -0.4 is 0 Å². The second-order valence-electron chi connectivity index (χ2n) is 5.54. The highest BCUT2D eigenvalue weighted by Crippen LogP contribution is 2.15. The van der Waals surface area contributed by atoms with Gasteiger partial charge in [0.25, 0.3) is 0 Å². The van der Waals surface area contributed by atoms with E-state index in [1.54, 1.807) is 18.7 Å². The SMILES string of the molecule is C[C@H](C[C@@H](C)C(=O)N1CCOCCOCCOCC1)C(=O)O. The number of carbonyl (C=O) groups is 2. The summed E-state index contributed by atoms with van der Waals surface area (Å²) in [4.78, 5) is 25.1. The number of carboxylic acids is 1. The third kappa shape index (κ3) is 7.20. The number of hydrogen-bond acceptors (Lipinski definition) is 5. The summed E-state index contributed by atoms with van der Waals surface area (Å²) >= 11 is 0. The number of aliphatic carboxylic acids is 1. The van der Waals surface area contributed by atoms with Crippen molar-refractivity contribution >= 4 is 11.9 Å². The molecule has 0 radical (unpaired) electrons. The van der Waals surface area contributed by atoms with E-state index >= 15 is 0 Å². The number of amides is 1. The molecule has 1 fully saturated rings. The van der Waals surface area contributed by atoms with Crippen LogP contribution >= 0.6 is 0 Å². The molecule has 22 heavy (non-hydrogen) atoms. The summed E-state index contributed by atoms with van der Waals surface area (Å²) in [5, 5.41) is 8.95. The van der Waals surface area contributed by atoms with Crippen molar-refractivity contribution in [2.45, 2.75) is 20.3 Å². The standard InChI is InChI=1S/C15H27NO6/c1-12(11-13(2)15(18)19)14(17)16-3-5-20-7-9-22-10-8-21-6-4-16/h12-13H,3-11H2,1-2H3,(H,18,19)/t12-,13-/m1/s1. The number of rotatable bonds is 4. The van der Waals surface area contributed by atoms with E-state index in [9.17, 15) is 9.59 Å². The van der Waals surface area contributed by atoms with E-state index in [-0.39, 0.29) is 11.8 Å². The lowest BCUT2D eigenvalue weighted by atomic mass is 9.96. The van der Waals surface area contributed by atoms with Crippen molar-refractivity contribution in [3.63, 3.8) is 0 Å². The minimum absolute atomic E-state index is 0.0476. The van der Waals surface area contributed by atoms with Gasteiger partial charge in [0.05, 0.1) is 45.6 Å². The molecule has 1 rings (SSSR count). The molecule has 0 aromatic carbocycles. The van der Waals surface area contributed by atoms with Gasteiger partial charge in [0.1, 0.15) is 0 Å². The lowest BCUT2D eigenvalue weighted by Crippen LogP contribution is -2.41. The van der Waals surface area contributed by atoms with Gasteiger partial charge in [0, 0.05) is 19.0 Å². The summed E-state index contributed by atoms with van der Waals surface area (Å²) < 4.78 is 16.2. The van der Waals surface area contributed by atoms with E-state index < -0.39 is 11.9 Å². The zero-order chi connectivity index (χ0) is 16.4. The van der Waals surface area contributed by atoms with E-state index in [0.717, 1.165) is 0 Å². The van der Waals surface area contributed by atoms with Gasteiger partial charge in [0.2, 0.25) is 5.91 Å². The average molecular weight is 317 g/mol. The Labute approximate surface area is 131 Å². The summed E-state index contributed by atoms with van der Waals surface area (Å²) in [5.74, 6) is -1.79. The highest BCUT2D eigenvalue weighted by atomic mass is 16.5. The number of carboxylic acid groups (broad SMARTS) is 1. The fraction of sp³-hybridized carbons (Fsp3) is 0.867. The van der Waals surface area contributed by atoms with Gasteiger partial charge in [-0.15, -0.1) is 0 Å². The van der Waals surface area contributed by atoms with Crippen LogP contribution in [0.5, 0.6) is 0 Å². The third-order valence-electron chi connectivity index (χ3n) is 3.62. The summed E-state index contributed by atoms with van der Waals surface area (Å²) in [6, 6.07) is 0. The molecular formula is C15H27NO6. The van der Waals surface area contributed by atoms with Crippen LogP contribution in [-0.2, 0) is 23.8 Å². The van der Waals surface area contributed by atoms with Gasteiger partial charge in [-0.05, 0) is 6.42 Å². The van der Waals surface area contributed by atoms with Crippen molar-refractivity contribution in [1.29, 1.82) is 0 Å². The Balaban J connectivity index is 2.51. The monoisotopic (exact) mass is 317 g/mol. The van der Waals surface area contributed by atoms with Gasteiger partial charge in [-0.2, -0.15) is 0 Å². The number of carbonyl (C=O) groups excluding carboxylic acids is 1. The number of hydrogen-bond donors (Lipinski definition) is 1. The van der Waals surface area contributed by atoms with Crippen LogP contribution in [0.2, 0.25) is 0 Å². The van der Waals surface area contributed by atoms with E-state index in [2.05, 4.69) is 0 Å². The molecule has 0 spiro atoms. The van der Waals surface area contributed by atoms with Gasteiger partial charge in [0.15, 0.2) is 0 Å². The predicted molar refractivity (Wildman–Crippen MR) is 79.6 cm³/mol. The molecule has 7 nitrogen and oxygen atoms in total. The second-order valence-corrected chi connectivity index (χ2v) is 5.54. The maximum absolute atomic E-state index is 12.5. The Morgan fingerprint density at radius 3 is 1.82 bits per heavy atom. The molecule has 128 valence electrons. The van der Waals surface area contributed by atoms with Crippen LogP contribution in [0.3, 0.4) is 0 Å². The summed E-state index contributed by atoms with van der Waals surface area (Å²) in [6.45, 7) is 7.26. The van der Waals surface area contributed by atoms with Gasteiger partial charge in [-0.3, -0.25) is 9.59 Å². The van der Waals surface area contributed by atoms with E-state index in [0.29, 0.717) is 59.2 Å². The first-order chi connectivity index (χ1) is 10.5. The topological polar surface area (TPSA) is 85.3 Å². The van der Waals surface area contributed by atoms with E-state index in [1.807, 2.05) is 0 Å². The maximum atomic E-state index is 12.5. The molecule has 1 aliphatic heterocycles. The molecule has 0 saturated carbocycles. The summed E-state index contributed by atoms with van der Waals surface area (Å²) in [7, 11) is 0. The van der Waals surface area contributed by atoms with Gasteiger partial charge >= 0.3 is 5.97 Å². The van der Waals surface area contributed by atoms with Crippen molar-refractivity contribution < 1.29 is 28.9 Å². The molecule has 0 aliphatic carbocycles. The normalized spacial score (nSPS) is 21.3. The fourth-order valence-corrected chi connectivity index (χ4v) is 2.27. The molecule has 1 saturated heterocycles. The molecule has 0 unspecified atom stereocenters. The molecular weight excluding hydrogens is 290 g/mol. The molecule has 7 heteroatoms. The molecule has 2 atom stereocenters. The zero-order valence-corrected chi connectivity index (χ0v) is 13.5. The molecule has 0 aromatic heterocycles. The highest BCUT2D eigenvalue weighted by molar-refractivity contribution is 5.79. The molecule has 1 aliphatic rings. The first-order valence-corrected chi connectivity index (χ1v) is 7.77. The first-order valence-electron chi connectivity index (χ1n) is 7.77. The van der Waals surface area contributed by atoms with Crippen molar-refractivity contribution in [2.24, 2.45) is 11.8 Å². The molecule has 1 N–H and O–H groups in total. The van der Waals surface area contributed by atoms with Crippen LogP contribution in [0.4, 0.5) is 0 Å². The Morgan fingerprint density at radius 1 is 0.909 bits per heavy atom. The van der Waals surface area contributed by atoms with Gasteiger partial charge < -0.3 is 24.2 Å².